The highest BCUT2D eigenvalue weighted by molar-refractivity contribution is 5.17. The monoisotopic (exact) mass is 210 g/mol. The lowest BCUT2D eigenvalue weighted by Crippen LogP contribution is -2.35. The molecule has 0 fully saturated rings. The lowest BCUT2D eigenvalue weighted by molar-refractivity contribution is 0.0184. The van der Waals surface area contributed by atoms with Gasteiger partial charge in [0, 0.05) is 5.41 Å². The smallest absolute Gasteiger partial charge is 0.0571 e. The third-order valence-electron chi connectivity index (χ3n) is 4.26. The third-order valence-corrected chi connectivity index (χ3v) is 4.26. The predicted molar refractivity (Wildman–Crippen MR) is 65.9 cm³/mol. The van der Waals surface area contributed by atoms with Crippen LogP contribution >= 0.6 is 0 Å². The van der Waals surface area contributed by atoms with Crippen molar-refractivity contribution < 1.29 is 5.11 Å². The van der Waals surface area contributed by atoms with E-state index < -0.39 is 0 Å². The second-order valence-corrected chi connectivity index (χ2v) is 5.38. The van der Waals surface area contributed by atoms with Crippen molar-refractivity contribution in [2.75, 3.05) is 0 Å². The lowest BCUT2D eigenvalue weighted by Gasteiger charge is -2.41. The van der Waals surface area contributed by atoms with Gasteiger partial charge in [-0.25, -0.2) is 0 Å². The van der Waals surface area contributed by atoms with E-state index in [2.05, 4.69) is 20.8 Å². The van der Waals surface area contributed by atoms with Gasteiger partial charge in [-0.05, 0) is 46.5 Å². The molecule has 1 rings (SSSR count). The number of allylic oxidation sites excluding steroid dienone is 2. The van der Waals surface area contributed by atoms with Crippen molar-refractivity contribution in [1.29, 1.82) is 0 Å². The van der Waals surface area contributed by atoms with Gasteiger partial charge in [0.1, 0.15) is 0 Å². The predicted octanol–water partition coefficient (Wildman–Crippen LogP) is 4.06. The Labute approximate surface area is 94.6 Å². The average molecular weight is 210 g/mol. The van der Waals surface area contributed by atoms with E-state index in [-0.39, 0.29) is 11.5 Å². The van der Waals surface area contributed by atoms with Crippen LogP contribution in [0.25, 0.3) is 0 Å². The van der Waals surface area contributed by atoms with E-state index in [1.807, 2.05) is 6.92 Å². The average Bonchev–Trinajstić information content (AvgIpc) is 2.20. The highest BCUT2D eigenvalue weighted by Gasteiger charge is 2.37. The van der Waals surface area contributed by atoms with Crippen LogP contribution in [0.4, 0.5) is 0 Å². The summed E-state index contributed by atoms with van der Waals surface area (Å²) in [5.74, 6) is 0. The number of aliphatic hydroxyl groups excluding tert-OH is 1. The molecule has 0 radical (unpaired) electrons. The Morgan fingerprint density at radius 2 is 2.00 bits per heavy atom. The second-order valence-electron chi connectivity index (χ2n) is 5.38. The Kier molecular flexibility index (Phi) is 4.39. The fourth-order valence-corrected chi connectivity index (χ4v) is 2.72. The van der Waals surface area contributed by atoms with E-state index in [0.717, 1.165) is 6.42 Å². The van der Waals surface area contributed by atoms with Crippen molar-refractivity contribution in [3.8, 4) is 0 Å². The summed E-state index contributed by atoms with van der Waals surface area (Å²) in [7, 11) is 0. The molecule has 1 heteroatoms. The van der Waals surface area contributed by atoms with Crippen LogP contribution in [-0.2, 0) is 0 Å². The zero-order valence-corrected chi connectivity index (χ0v) is 10.8. The zero-order chi connectivity index (χ0) is 11.5. The van der Waals surface area contributed by atoms with E-state index >= 15 is 0 Å². The summed E-state index contributed by atoms with van der Waals surface area (Å²) in [6.45, 7) is 8.68. The largest absolute Gasteiger partial charge is 0.393 e. The molecule has 0 unspecified atom stereocenters. The van der Waals surface area contributed by atoms with Gasteiger partial charge in [-0.2, -0.15) is 0 Å². The fourth-order valence-electron chi connectivity index (χ4n) is 2.72. The van der Waals surface area contributed by atoms with Crippen molar-refractivity contribution in [3.05, 3.63) is 11.1 Å². The molecule has 1 N–H and O–H groups in total. The van der Waals surface area contributed by atoms with Gasteiger partial charge in [-0.3, -0.25) is 0 Å². The number of rotatable bonds is 4. The fraction of sp³-hybridized carbons (Fsp3) is 0.857. The van der Waals surface area contributed by atoms with Crippen molar-refractivity contribution in [3.63, 3.8) is 0 Å². The standard InChI is InChI=1S/C14H26O/c1-5-6-8-14(13(4)15)9-7-11(2)12(3)10-14/h13,15H,5-10H2,1-4H3/t13-,14+/m0/s1. The Balaban J connectivity index is 2.76. The summed E-state index contributed by atoms with van der Waals surface area (Å²) >= 11 is 0. The molecule has 0 aromatic rings. The molecule has 0 aromatic heterocycles. The van der Waals surface area contributed by atoms with Gasteiger partial charge in [-0.1, -0.05) is 30.9 Å². The molecule has 1 aliphatic rings. The molecule has 1 aliphatic carbocycles. The number of hydrogen-bond donors (Lipinski definition) is 1. The first-order chi connectivity index (χ1) is 7.02. The first-order valence-electron chi connectivity index (χ1n) is 6.35. The van der Waals surface area contributed by atoms with Gasteiger partial charge < -0.3 is 5.11 Å². The topological polar surface area (TPSA) is 20.2 Å². The van der Waals surface area contributed by atoms with Crippen LogP contribution in [0.2, 0.25) is 0 Å². The summed E-state index contributed by atoms with van der Waals surface area (Å²) in [5.41, 5.74) is 3.24. The van der Waals surface area contributed by atoms with E-state index in [0.29, 0.717) is 0 Å². The highest BCUT2D eigenvalue weighted by atomic mass is 16.3. The Bertz CT molecular complexity index is 240. The first kappa shape index (κ1) is 12.8. The van der Waals surface area contributed by atoms with Crippen molar-refractivity contribution in [1.82, 2.24) is 0 Å². The lowest BCUT2D eigenvalue weighted by atomic mass is 9.66. The van der Waals surface area contributed by atoms with E-state index in [4.69, 9.17) is 0 Å². The second kappa shape index (κ2) is 5.16. The van der Waals surface area contributed by atoms with Crippen LogP contribution in [0.15, 0.2) is 11.1 Å². The quantitative estimate of drug-likeness (QED) is 0.694. The SMILES string of the molecule is CCCC[C@@]1([C@H](C)O)CCC(C)=C(C)C1. The van der Waals surface area contributed by atoms with Gasteiger partial charge in [-0.15, -0.1) is 0 Å². The van der Waals surface area contributed by atoms with Crippen LogP contribution in [0.1, 0.15) is 66.2 Å². The molecule has 2 atom stereocenters. The van der Waals surface area contributed by atoms with E-state index in [1.54, 1.807) is 5.57 Å². The maximum Gasteiger partial charge on any atom is 0.0571 e. The summed E-state index contributed by atoms with van der Waals surface area (Å²) < 4.78 is 0. The maximum absolute atomic E-state index is 10.0. The minimum atomic E-state index is -0.160. The molecule has 88 valence electrons. The van der Waals surface area contributed by atoms with Crippen LogP contribution in [0.5, 0.6) is 0 Å². The normalized spacial score (nSPS) is 29.4. The molecule has 15 heavy (non-hydrogen) atoms. The molecular weight excluding hydrogens is 184 g/mol. The molecule has 0 saturated carbocycles. The van der Waals surface area contributed by atoms with Crippen LogP contribution in [-0.4, -0.2) is 11.2 Å². The number of hydrogen-bond acceptors (Lipinski definition) is 1. The van der Waals surface area contributed by atoms with Gasteiger partial charge in [0.25, 0.3) is 0 Å². The summed E-state index contributed by atoms with van der Waals surface area (Å²) in [6, 6.07) is 0. The van der Waals surface area contributed by atoms with Crippen LogP contribution in [0.3, 0.4) is 0 Å². The third kappa shape index (κ3) is 2.84. The molecular formula is C14H26O. The van der Waals surface area contributed by atoms with Gasteiger partial charge in [0.15, 0.2) is 0 Å². The number of aliphatic hydroxyl groups is 1. The molecule has 0 heterocycles. The molecule has 0 aromatic carbocycles. The molecule has 0 amide bonds. The molecule has 0 saturated heterocycles. The summed E-state index contributed by atoms with van der Waals surface area (Å²) in [6.07, 6.45) is 6.97. The minimum absolute atomic E-state index is 0.160. The Morgan fingerprint density at radius 1 is 1.33 bits per heavy atom. The van der Waals surface area contributed by atoms with Crippen molar-refractivity contribution >= 4 is 0 Å². The minimum Gasteiger partial charge on any atom is -0.393 e. The van der Waals surface area contributed by atoms with Gasteiger partial charge >= 0.3 is 0 Å². The first-order valence-corrected chi connectivity index (χ1v) is 6.35. The van der Waals surface area contributed by atoms with Crippen LogP contribution in [0, 0.1) is 5.41 Å². The molecule has 0 bridgehead atoms. The summed E-state index contributed by atoms with van der Waals surface area (Å²) in [4.78, 5) is 0. The Hall–Kier alpha value is -0.300. The maximum atomic E-state index is 10.0. The molecule has 0 aliphatic heterocycles. The Morgan fingerprint density at radius 3 is 2.47 bits per heavy atom. The highest BCUT2D eigenvalue weighted by Crippen LogP contribution is 2.45. The van der Waals surface area contributed by atoms with Crippen molar-refractivity contribution in [2.24, 2.45) is 5.41 Å². The van der Waals surface area contributed by atoms with E-state index in [9.17, 15) is 5.11 Å². The molecule has 1 nitrogen and oxygen atoms in total. The van der Waals surface area contributed by atoms with Gasteiger partial charge in [0.2, 0.25) is 0 Å². The zero-order valence-electron chi connectivity index (χ0n) is 10.8. The number of unbranched alkanes of at least 4 members (excludes halogenated alkanes) is 1. The summed E-state index contributed by atoms with van der Waals surface area (Å²) in [5, 5.41) is 10.0. The van der Waals surface area contributed by atoms with Gasteiger partial charge in [0.05, 0.1) is 6.10 Å². The van der Waals surface area contributed by atoms with Crippen LogP contribution < -0.4 is 0 Å². The van der Waals surface area contributed by atoms with E-state index in [1.165, 1.54) is 37.7 Å². The molecule has 0 spiro atoms. The van der Waals surface area contributed by atoms with Crippen molar-refractivity contribution in [2.45, 2.75) is 72.3 Å².